The van der Waals surface area contributed by atoms with E-state index in [0.717, 1.165) is 0 Å². The molecule has 3 heterocycles. The predicted octanol–water partition coefficient (Wildman–Crippen LogP) is 2.82. The number of benzene rings is 1. The van der Waals surface area contributed by atoms with Crippen LogP contribution in [0.25, 0.3) is 5.69 Å². The van der Waals surface area contributed by atoms with Crippen LogP contribution in [0.3, 0.4) is 0 Å². The molecule has 1 aliphatic heterocycles. The Balaban J connectivity index is 1.55. The smallest absolute Gasteiger partial charge is 0.244 e. The number of carbonyl (C=O) groups is 1. The van der Waals surface area contributed by atoms with E-state index in [1.165, 1.54) is 0 Å². The first-order valence-corrected chi connectivity index (χ1v) is 13.1. The molecule has 180 valence electrons. The summed E-state index contributed by atoms with van der Waals surface area (Å²) in [5.74, 6) is 0.199. The maximum atomic E-state index is 13.5. The molecule has 1 N–H and O–H groups in total. The summed E-state index contributed by atoms with van der Waals surface area (Å²) in [4.78, 5) is 19.4. The van der Waals surface area contributed by atoms with Crippen molar-refractivity contribution in [2.24, 2.45) is 0 Å². The van der Waals surface area contributed by atoms with Crippen LogP contribution in [0, 0.1) is 18.3 Å². The molecule has 1 aromatic carbocycles. The van der Waals surface area contributed by atoms with Gasteiger partial charge in [-0.2, -0.15) is 10.4 Å². The van der Waals surface area contributed by atoms with Crippen LogP contribution < -0.4 is 10.2 Å². The highest BCUT2D eigenvalue weighted by molar-refractivity contribution is 7.92. The van der Waals surface area contributed by atoms with E-state index >= 15 is 0 Å². The molecular weight excluding hydrogens is 488 g/mol. The molecule has 0 spiro atoms. The molecule has 11 heteroatoms. The van der Waals surface area contributed by atoms with Crippen LogP contribution >= 0.6 is 11.6 Å². The minimum Gasteiger partial charge on any atom is -0.343 e. The number of amides is 1. The second-order valence-corrected chi connectivity index (χ2v) is 11.6. The van der Waals surface area contributed by atoms with Gasteiger partial charge in [0.05, 0.1) is 27.6 Å². The minimum absolute atomic E-state index is 0.0892. The Labute approximate surface area is 208 Å². The van der Waals surface area contributed by atoms with Gasteiger partial charge in [-0.3, -0.25) is 4.79 Å². The van der Waals surface area contributed by atoms with Gasteiger partial charge < -0.3 is 10.2 Å². The number of rotatable bonds is 6. The van der Waals surface area contributed by atoms with E-state index in [2.05, 4.69) is 21.5 Å². The van der Waals surface area contributed by atoms with Crippen LogP contribution in [0.1, 0.15) is 25.0 Å². The lowest BCUT2D eigenvalue weighted by Gasteiger charge is -2.27. The highest BCUT2D eigenvalue weighted by Gasteiger charge is 2.49. The molecule has 9 nitrogen and oxygen atoms in total. The van der Waals surface area contributed by atoms with Gasteiger partial charge in [-0.15, -0.1) is 0 Å². The van der Waals surface area contributed by atoms with Crippen LogP contribution in [-0.4, -0.2) is 52.5 Å². The molecule has 0 bridgehead atoms. The normalized spacial score (nSPS) is 20.9. The molecule has 35 heavy (non-hydrogen) atoms. The molecule has 5 rings (SSSR count). The summed E-state index contributed by atoms with van der Waals surface area (Å²) >= 11 is 6.10. The Bertz CT molecular complexity index is 1430. The molecular formula is C24H23ClN6O3S. The van der Waals surface area contributed by atoms with Crippen molar-refractivity contribution < 1.29 is 13.2 Å². The first kappa shape index (κ1) is 23.3. The summed E-state index contributed by atoms with van der Waals surface area (Å²) in [6, 6.07) is 14.8. The summed E-state index contributed by atoms with van der Waals surface area (Å²) in [5.41, 5.74) is 0.461. The molecule has 1 aliphatic carbocycles. The maximum Gasteiger partial charge on any atom is 0.244 e. The quantitative estimate of drug-likeness (QED) is 0.506. The highest BCUT2D eigenvalue weighted by atomic mass is 35.5. The van der Waals surface area contributed by atoms with Gasteiger partial charge in [0.25, 0.3) is 0 Å². The van der Waals surface area contributed by atoms with Gasteiger partial charge >= 0.3 is 0 Å². The predicted molar refractivity (Wildman–Crippen MR) is 130 cm³/mol. The average Bonchev–Trinajstić information content (AvgIpc) is 3.28. The zero-order valence-electron chi connectivity index (χ0n) is 18.9. The standard InChI is InChI=1S/C24H23ClN6O3S/c1-16-11-22(31(29-16)17-7-10-27-21(25)12-17)30-14-19(35(33,34)18-5-3-2-4-6-18)13-20(30)23(32)28-24(15-26)8-9-24/h2-7,10-12,19-20H,8-9,13-14H2,1H3,(H,28,32)/t19-,20+/m1/s1. The molecule has 1 amide bonds. The molecule has 2 aromatic heterocycles. The van der Waals surface area contributed by atoms with Crippen LogP contribution in [0.15, 0.2) is 59.6 Å². The number of nitrogens with zero attached hydrogens (tertiary/aromatic N) is 5. The molecule has 1 saturated heterocycles. The van der Waals surface area contributed by atoms with E-state index in [1.54, 1.807) is 58.2 Å². The number of aryl methyl sites for hydroxylation is 1. The number of anilines is 1. The minimum atomic E-state index is -3.70. The largest absolute Gasteiger partial charge is 0.343 e. The molecule has 3 aromatic rings. The van der Waals surface area contributed by atoms with Crippen molar-refractivity contribution in [3.8, 4) is 11.8 Å². The lowest BCUT2D eigenvalue weighted by atomic mass is 10.1. The molecule has 0 radical (unpaired) electrons. The van der Waals surface area contributed by atoms with E-state index in [0.29, 0.717) is 30.0 Å². The molecule has 2 atom stereocenters. The van der Waals surface area contributed by atoms with Crippen LogP contribution in [0.2, 0.25) is 5.15 Å². The third-order valence-corrected chi connectivity index (χ3v) is 8.82. The summed E-state index contributed by atoms with van der Waals surface area (Å²) in [7, 11) is -3.70. The van der Waals surface area contributed by atoms with Crippen molar-refractivity contribution in [1.29, 1.82) is 5.26 Å². The van der Waals surface area contributed by atoms with Crippen molar-refractivity contribution in [2.45, 2.75) is 47.9 Å². The maximum absolute atomic E-state index is 13.5. The fraction of sp³-hybridized carbons (Fsp3) is 0.333. The summed E-state index contributed by atoms with van der Waals surface area (Å²) < 4.78 is 28.6. The second kappa shape index (κ2) is 8.66. The second-order valence-electron chi connectivity index (χ2n) is 8.96. The van der Waals surface area contributed by atoms with Gasteiger partial charge in [-0.1, -0.05) is 29.8 Å². The number of halogens is 1. The molecule has 2 aliphatic rings. The number of nitrogens with one attached hydrogen (secondary N) is 1. The topological polar surface area (TPSA) is 121 Å². The molecule has 1 saturated carbocycles. The number of aromatic nitrogens is 3. The highest BCUT2D eigenvalue weighted by Crippen LogP contribution is 2.37. The van der Waals surface area contributed by atoms with Gasteiger partial charge in [0.1, 0.15) is 22.6 Å². The summed E-state index contributed by atoms with van der Waals surface area (Å²) in [5, 5.41) is 16.4. The third kappa shape index (κ3) is 4.37. The lowest BCUT2D eigenvalue weighted by molar-refractivity contribution is -0.122. The van der Waals surface area contributed by atoms with Crippen LogP contribution in [0.5, 0.6) is 0 Å². The van der Waals surface area contributed by atoms with Crippen molar-refractivity contribution in [3.05, 3.63) is 65.6 Å². The molecule has 2 fully saturated rings. The lowest BCUT2D eigenvalue weighted by Crippen LogP contribution is -2.48. The number of carbonyl (C=O) groups excluding carboxylic acids is 1. The Morgan fingerprint density at radius 2 is 1.97 bits per heavy atom. The number of sulfone groups is 1. The summed E-state index contributed by atoms with van der Waals surface area (Å²) in [6.45, 7) is 1.92. The monoisotopic (exact) mass is 510 g/mol. The van der Waals surface area contributed by atoms with E-state index < -0.39 is 26.7 Å². The van der Waals surface area contributed by atoms with Crippen molar-refractivity contribution in [1.82, 2.24) is 20.1 Å². The van der Waals surface area contributed by atoms with Crippen LogP contribution in [0.4, 0.5) is 5.82 Å². The summed E-state index contributed by atoms with van der Waals surface area (Å²) in [6.07, 6.45) is 2.81. The fourth-order valence-corrected chi connectivity index (χ4v) is 6.32. The number of nitriles is 1. The zero-order chi connectivity index (χ0) is 24.8. The Morgan fingerprint density at radius 3 is 2.63 bits per heavy atom. The first-order valence-electron chi connectivity index (χ1n) is 11.2. The third-order valence-electron chi connectivity index (χ3n) is 6.46. The van der Waals surface area contributed by atoms with E-state index in [4.69, 9.17) is 11.6 Å². The van der Waals surface area contributed by atoms with Gasteiger partial charge in [-0.05, 0) is 44.4 Å². The molecule has 0 unspecified atom stereocenters. The Kier molecular flexibility index (Phi) is 5.77. The van der Waals surface area contributed by atoms with Gasteiger partial charge in [0, 0.05) is 24.9 Å². The number of hydrogen-bond acceptors (Lipinski definition) is 7. The van der Waals surface area contributed by atoms with Crippen LogP contribution in [-0.2, 0) is 14.6 Å². The van der Waals surface area contributed by atoms with E-state index in [-0.39, 0.29) is 28.9 Å². The number of hydrogen-bond donors (Lipinski definition) is 1. The van der Waals surface area contributed by atoms with Gasteiger partial charge in [-0.25, -0.2) is 18.1 Å². The fourth-order valence-electron chi connectivity index (χ4n) is 4.44. The average molecular weight is 511 g/mol. The van der Waals surface area contributed by atoms with Gasteiger partial charge in [0.2, 0.25) is 5.91 Å². The van der Waals surface area contributed by atoms with Crippen molar-refractivity contribution >= 4 is 33.2 Å². The Hall–Kier alpha value is -3.42. The Morgan fingerprint density at radius 1 is 1.23 bits per heavy atom. The zero-order valence-corrected chi connectivity index (χ0v) is 20.5. The van der Waals surface area contributed by atoms with E-state index in [9.17, 15) is 18.5 Å². The SMILES string of the molecule is Cc1cc(N2C[C@H](S(=O)(=O)c3ccccc3)C[C@H]2C(=O)NC2(C#N)CC2)n(-c2ccnc(Cl)c2)n1. The number of pyridine rings is 1. The van der Waals surface area contributed by atoms with E-state index in [1.807, 2.05) is 13.0 Å². The van der Waals surface area contributed by atoms with Crippen molar-refractivity contribution in [2.75, 3.05) is 11.4 Å². The first-order chi connectivity index (χ1) is 16.7. The van der Waals surface area contributed by atoms with Gasteiger partial charge in [0.15, 0.2) is 9.84 Å². The van der Waals surface area contributed by atoms with Crippen molar-refractivity contribution in [3.63, 3.8) is 0 Å².